The highest BCUT2D eigenvalue weighted by Crippen LogP contribution is 2.51. The van der Waals surface area contributed by atoms with Gasteiger partial charge in [0.15, 0.2) is 0 Å². The van der Waals surface area contributed by atoms with Gasteiger partial charge in [-0.25, -0.2) is 0 Å². The fourth-order valence-corrected chi connectivity index (χ4v) is 1.68. The van der Waals surface area contributed by atoms with Crippen molar-refractivity contribution in [2.45, 2.75) is 33.8 Å². The van der Waals surface area contributed by atoms with Crippen LogP contribution < -0.4 is 0 Å². The van der Waals surface area contributed by atoms with Gasteiger partial charge >= 0.3 is 0 Å². The Bertz CT molecular complexity index is 168. The summed E-state index contributed by atoms with van der Waals surface area (Å²) in [6.07, 6.45) is -0.0872. The fraction of sp³-hybridized carbons (Fsp3) is 1.00. The minimum atomic E-state index is -2.85. The lowest BCUT2D eigenvalue weighted by Gasteiger charge is -2.27. The smallest absolute Gasteiger partial charge is 0.287 e. The molecule has 2 nitrogen and oxygen atoms in total. The van der Waals surface area contributed by atoms with Crippen molar-refractivity contribution in [3.63, 3.8) is 0 Å². The van der Waals surface area contributed by atoms with E-state index in [1.54, 1.807) is 0 Å². The van der Waals surface area contributed by atoms with Crippen LogP contribution in [-0.2, 0) is 9.09 Å². The summed E-state index contributed by atoms with van der Waals surface area (Å²) in [7, 11) is 0. The Morgan fingerprint density at radius 3 is 1.91 bits per heavy atom. The summed E-state index contributed by atoms with van der Waals surface area (Å²) in [5.41, 5.74) is -0.0133. The van der Waals surface area contributed by atoms with Crippen molar-refractivity contribution in [1.82, 2.24) is 0 Å². The van der Waals surface area contributed by atoms with Crippen LogP contribution >= 0.6 is 18.0 Å². The van der Waals surface area contributed by atoms with Gasteiger partial charge in [0.2, 0.25) is 0 Å². The molecule has 0 bridgehead atoms. The van der Waals surface area contributed by atoms with Crippen molar-refractivity contribution in [3.05, 3.63) is 0 Å². The minimum absolute atomic E-state index is 0.0133. The predicted molar refractivity (Wildman–Crippen MR) is 49.4 cm³/mol. The molecule has 2 atom stereocenters. The Kier molecular flexibility index (Phi) is 3.62. The third-order valence-corrected chi connectivity index (χ3v) is 2.50. The Balaban J connectivity index is 4.10. The van der Waals surface area contributed by atoms with Gasteiger partial charge < -0.3 is 4.52 Å². The number of hydrogen-bond acceptors (Lipinski definition) is 2. The van der Waals surface area contributed by atoms with Crippen LogP contribution in [0.5, 0.6) is 0 Å². The van der Waals surface area contributed by atoms with Crippen molar-refractivity contribution in [2.24, 2.45) is 5.41 Å². The van der Waals surface area contributed by atoms with E-state index in [0.717, 1.165) is 0 Å². The number of rotatable bonds is 2. The third kappa shape index (κ3) is 5.72. The first-order chi connectivity index (χ1) is 4.63. The van der Waals surface area contributed by atoms with E-state index in [1.807, 2.05) is 27.7 Å². The molecule has 11 heavy (non-hydrogen) atoms. The van der Waals surface area contributed by atoms with Gasteiger partial charge in [-0.2, -0.15) is 0 Å². The maximum atomic E-state index is 11.0. The third-order valence-electron chi connectivity index (χ3n) is 1.57. The van der Waals surface area contributed by atoms with E-state index in [0.29, 0.717) is 0 Å². The summed E-state index contributed by atoms with van der Waals surface area (Å²) in [5.74, 6) is 0. The first-order valence-corrected chi connectivity index (χ1v) is 6.56. The monoisotopic (exact) mass is 198 g/mol. The molecule has 0 amide bonds. The van der Waals surface area contributed by atoms with Crippen LogP contribution in [0.2, 0.25) is 0 Å². The van der Waals surface area contributed by atoms with E-state index in [-0.39, 0.29) is 11.5 Å². The Labute approximate surface area is 73.5 Å². The van der Waals surface area contributed by atoms with E-state index in [9.17, 15) is 4.57 Å². The van der Waals surface area contributed by atoms with E-state index in [2.05, 4.69) is 0 Å². The molecule has 0 N–H and O–H groups in total. The summed E-state index contributed by atoms with van der Waals surface area (Å²) < 4.78 is 16.1. The summed E-state index contributed by atoms with van der Waals surface area (Å²) in [4.78, 5) is 0. The topological polar surface area (TPSA) is 26.3 Å². The van der Waals surface area contributed by atoms with Gasteiger partial charge in [-0.1, -0.05) is 20.8 Å². The summed E-state index contributed by atoms with van der Waals surface area (Å²) in [5, 5.41) is 0. The highest BCUT2D eigenvalue weighted by molar-refractivity contribution is 7.84. The Hall–Kier alpha value is 0.480. The molecular weight excluding hydrogens is 183 g/mol. The lowest BCUT2D eigenvalue weighted by Crippen LogP contribution is -2.24. The van der Waals surface area contributed by atoms with Crippen molar-refractivity contribution in [2.75, 3.05) is 6.66 Å². The van der Waals surface area contributed by atoms with Crippen LogP contribution in [0.15, 0.2) is 0 Å². The molecule has 4 heteroatoms. The van der Waals surface area contributed by atoms with Crippen molar-refractivity contribution < 1.29 is 9.09 Å². The average molecular weight is 199 g/mol. The average Bonchev–Trinajstić information content (AvgIpc) is 1.56. The Morgan fingerprint density at radius 1 is 1.45 bits per heavy atom. The van der Waals surface area contributed by atoms with Crippen molar-refractivity contribution in [3.8, 4) is 0 Å². The van der Waals surface area contributed by atoms with Gasteiger partial charge in [-0.3, -0.25) is 4.57 Å². The zero-order valence-corrected chi connectivity index (χ0v) is 9.37. The lowest BCUT2D eigenvalue weighted by molar-refractivity contribution is 0.111. The van der Waals surface area contributed by atoms with Crippen molar-refractivity contribution in [1.29, 1.82) is 0 Å². The molecule has 0 aromatic heterocycles. The Morgan fingerprint density at radius 2 is 1.82 bits per heavy atom. The maximum Gasteiger partial charge on any atom is 0.287 e. The van der Waals surface area contributed by atoms with E-state index < -0.39 is 6.72 Å². The van der Waals surface area contributed by atoms with Crippen LogP contribution in [0.3, 0.4) is 0 Å². The molecule has 0 rings (SSSR count). The molecule has 0 aromatic carbocycles. The van der Waals surface area contributed by atoms with Gasteiger partial charge in [0.25, 0.3) is 6.72 Å². The molecule has 0 saturated heterocycles. The summed E-state index contributed by atoms with van der Waals surface area (Å²) in [6.45, 7) is 6.50. The summed E-state index contributed by atoms with van der Waals surface area (Å²) in [6, 6.07) is 0. The molecule has 0 fully saturated rings. The highest BCUT2D eigenvalue weighted by Gasteiger charge is 2.26. The van der Waals surface area contributed by atoms with Crippen LogP contribution in [-0.4, -0.2) is 12.8 Å². The SMILES string of the molecule is CC(OP(C)(=O)Cl)C(C)(C)C. The van der Waals surface area contributed by atoms with Gasteiger partial charge in [0, 0.05) is 6.66 Å². The molecule has 68 valence electrons. The number of halogens is 1. The van der Waals surface area contributed by atoms with Crippen LogP contribution in [0.1, 0.15) is 27.7 Å². The zero-order chi connectivity index (χ0) is 9.28. The minimum Gasteiger partial charge on any atom is -0.314 e. The summed E-state index contributed by atoms with van der Waals surface area (Å²) >= 11 is 5.47. The van der Waals surface area contributed by atoms with Crippen molar-refractivity contribution >= 4 is 18.0 Å². The number of hydrogen-bond donors (Lipinski definition) is 0. The molecule has 0 aliphatic carbocycles. The van der Waals surface area contributed by atoms with Gasteiger partial charge in [0.05, 0.1) is 6.10 Å². The molecule has 0 radical (unpaired) electrons. The molecule has 0 heterocycles. The maximum absolute atomic E-state index is 11.0. The first-order valence-electron chi connectivity index (χ1n) is 3.58. The van der Waals surface area contributed by atoms with E-state index >= 15 is 0 Å². The predicted octanol–water partition coefficient (Wildman–Crippen LogP) is 3.50. The largest absolute Gasteiger partial charge is 0.314 e. The normalized spacial score (nSPS) is 20.9. The van der Waals surface area contributed by atoms with Crippen LogP contribution in [0, 0.1) is 5.41 Å². The van der Waals surface area contributed by atoms with E-state index in [4.69, 9.17) is 15.8 Å². The first kappa shape index (κ1) is 11.5. The van der Waals surface area contributed by atoms with Crippen LogP contribution in [0.4, 0.5) is 0 Å². The standard InChI is InChI=1S/C7H16ClO2P/c1-6(7(2,3)4)10-11(5,8)9/h6H,1-5H3. The molecule has 0 spiro atoms. The van der Waals surface area contributed by atoms with Gasteiger partial charge in [-0.05, 0) is 23.6 Å². The molecule has 0 aromatic rings. The highest BCUT2D eigenvalue weighted by atomic mass is 35.7. The van der Waals surface area contributed by atoms with Crippen LogP contribution in [0.25, 0.3) is 0 Å². The second-order valence-corrected chi connectivity index (χ2v) is 7.41. The lowest BCUT2D eigenvalue weighted by atomic mass is 9.91. The molecular formula is C7H16ClO2P. The second-order valence-electron chi connectivity index (χ2n) is 3.86. The zero-order valence-electron chi connectivity index (χ0n) is 7.72. The second kappa shape index (κ2) is 3.47. The molecule has 0 aliphatic heterocycles. The quantitative estimate of drug-likeness (QED) is 0.635. The molecule has 0 saturated carbocycles. The van der Waals surface area contributed by atoms with E-state index in [1.165, 1.54) is 6.66 Å². The molecule has 0 aliphatic rings. The van der Waals surface area contributed by atoms with Gasteiger partial charge in [-0.15, -0.1) is 0 Å². The fourth-order valence-electron chi connectivity index (χ4n) is 0.441. The van der Waals surface area contributed by atoms with Gasteiger partial charge in [0.1, 0.15) is 0 Å². The molecule has 2 unspecified atom stereocenters.